The highest BCUT2D eigenvalue weighted by Crippen LogP contribution is 2.39. The molecule has 1 heterocycles. The average molecular weight is 392 g/mol. The zero-order valence-electron chi connectivity index (χ0n) is 16.8. The molecule has 4 rings (SSSR count). The van der Waals surface area contributed by atoms with Gasteiger partial charge in [0.05, 0.1) is 0 Å². The smallest absolute Gasteiger partial charge is 0.209 e. The molecular formula is C22H25N5S. The first kappa shape index (κ1) is 18.7. The first-order valence-electron chi connectivity index (χ1n) is 9.48. The number of rotatable bonds is 6. The molecule has 1 aromatic heterocycles. The summed E-state index contributed by atoms with van der Waals surface area (Å²) in [5.41, 5.74) is 6.12. The van der Waals surface area contributed by atoms with Gasteiger partial charge in [-0.1, -0.05) is 36.0 Å². The van der Waals surface area contributed by atoms with Gasteiger partial charge in [-0.05, 0) is 37.1 Å². The normalized spacial score (nSPS) is 13.4. The molecule has 0 radical (unpaired) electrons. The van der Waals surface area contributed by atoms with Crippen LogP contribution >= 0.6 is 11.8 Å². The average Bonchev–Trinajstić information content (AvgIpc) is 3.52. The van der Waals surface area contributed by atoms with E-state index in [0.717, 1.165) is 39.0 Å². The van der Waals surface area contributed by atoms with Crippen molar-refractivity contribution >= 4 is 23.1 Å². The van der Waals surface area contributed by atoms with E-state index in [-0.39, 0.29) is 0 Å². The minimum Gasteiger partial charge on any atom is -0.378 e. The molecule has 1 saturated carbocycles. The number of benzene rings is 2. The van der Waals surface area contributed by atoms with E-state index < -0.39 is 0 Å². The van der Waals surface area contributed by atoms with E-state index in [2.05, 4.69) is 68.5 Å². The Bertz CT molecular complexity index is 948. The van der Waals surface area contributed by atoms with Gasteiger partial charge in [-0.2, -0.15) is 0 Å². The van der Waals surface area contributed by atoms with Crippen LogP contribution in [0.2, 0.25) is 0 Å². The Balaban J connectivity index is 1.76. The van der Waals surface area contributed by atoms with Crippen molar-refractivity contribution in [2.45, 2.75) is 23.2 Å². The zero-order valence-corrected chi connectivity index (χ0v) is 17.6. The molecule has 5 nitrogen and oxygen atoms in total. The van der Waals surface area contributed by atoms with E-state index in [1.165, 1.54) is 12.8 Å². The lowest BCUT2D eigenvalue weighted by atomic mass is 10.0. The molecule has 144 valence electrons. The maximum atomic E-state index is 4.90. The van der Waals surface area contributed by atoms with Gasteiger partial charge in [0.25, 0.3) is 0 Å². The topological polar surface area (TPSA) is 45.2 Å². The van der Waals surface area contributed by atoms with E-state index in [0.29, 0.717) is 5.25 Å². The van der Waals surface area contributed by atoms with Crippen LogP contribution in [0.25, 0.3) is 22.5 Å². The van der Waals surface area contributed by atoms with Gasteiger partial charge < -0.3 is 9.80 Å². The Morgan fingerprint density at radius 3 is 1.68 bits per heavy atom. The molecule has 28 heavy (non-hydrogen) atoms. The van der Waals surface area contributed by atoms with Gasteiger partial charge in [-0.15, -0.1) is 10.2 Å². The van der Waals surface area contributed by atoms with Crippen LogP contribution in [0.5, 0.6) is 0 Å². The maximum absolute atomic E-state index is 4.90. The van der Waals surface area contributed by atoms with E-state index in [9.17, 15) is 0 Å². The fourth-order valence-electron chi connectivity index (χ4n) is 2.93. The molecule has 0 atom stereocenters. The van der Waals surface area contributed by atoms with Crippen LogP contribution in [0.3, 0.4) is 0 Å². The molecule has 1 aliphatic carbocycles. The number of anilines is 2. The van der Waals surface area contributed by atoms with Gasteiger partial charge in [0.2, 0.25) is 5.16 Å². The first-order valence-corrected chi connectivity index (χ1v) is 10.4. The summed E-state index contributed by atoms with van der Waals surface area (Å²) >= 11 is 1.74. The molecule has 1 aliphatic rings. The third-order valence-electron chi connectivity index (χ3n) is 4.78. The van der Waals surface area contributed by atoms with E-state index >= 15 is 0 Å². The Kier molecular flexibility index (Phi) is 5.22. The minimum absolute atomic E-state index is 0.649. The number of thioether (sulfide) groups is 1. The predicted octanol–water partition coefficient (Wildman–Crippen LogP) is 4.59. The Hall–Kier alpha value is -2.60. The Morgan fingerprint density at radius 2 is 1.21 bits per heavy atom. The van der Waals surface area contributed by atoms with Crippen LogP contribution < -0.4 is 9.80 Å². The standard InChI is InChI=1S/C22H25N5S/c1-26(2)17-9-5-15(6-10-17)20-21(16-7-11-18(12-8-16)27(3)4)24-25-22(23-20)28-19-13-14-19/h5-12,19H,13-14H2,1-4H3. The fourth-order valence-corrected chi connectivity index (χ4v) is 3.83. The lowest BCUT2D eigenvalue weighted by molar-refractivity contribution is 0.850. The monoisotopic (exact) mass is 391 g/mol. The van der Waals surface area contributed by atoms with Crippen LogP contribution in [0.1, 0.15) is 12.8 Å². The van der Waals surface area contributed by atoms with Crippen LogP contribution in [0, 0.1) is 0 Å². The molecule has 1 fully saturated rings. The van der Waals surface area contributed by atoms with Gasteiger partial charge in [0, 0.05) is 55.9 Å². The lowest BCUT2D eigenvalue weighted by Gasteiger charge is -2.15. The molecular weight excluding hydrogens is 366 g/mol. The molecule has 0 N–H and O–H groups in total. The van der Waals surface area contributed by atoms with Crippen molar-refractivity contribution in [3.8, 4) is 22.5 Å². The highest BCUT2D eigenvalue weighted by atomic mass is 32.2. The summed E-state index contributed by atoms with van der Waals surface area (Å²) in [5.74, 6) is 0. The lowest BCUT2D eigenvalue weighted by Crippen LogP contribution is -2.08. The summed E-state index contributed by atoms with van der Waals surface area (Å²) in [7, 11) is 8.17. The van der Waals surface area contributed by atoms with Crippen molar-refractivity contribution in [1.29, 1.82) is 0 Å². The van der Waals surface area contributed by atoms with Gasteiger partial charge >= 0.3 is 0 Å². The molecule has 0 spiro atoms. The summed E-state index contributed by atoms with van der Waals surface area (Å²) < 4.78 is 0. The molecule has 3 aromatic rings. The predicted molar refractivity (Wildman–Crippen MR) is 118 cm³/mol. The quantitative estimate of drug-likeness (QED) is 0.612. The second-order valence-corrected chi connectivity index (χ2v) is 8.76. The van der Waals surface area contributed by atoms with Gasteiger partial charge in [-0.25, -0.2) is 4.98 Å². The van der Waals surface area contributed by atoms with E-state index in [1.807, 2.05) is 28.2 Å². The number of aromatic nitrogens is 3. The van der Waals surface area contributed by atoms with Crippen LogP contribution in [-0.2, 0) is 0 Å². The van der Waals surface area contributed by atoms with Crippen molar-refractivity contribution < 1.29 is 0 Å². The summed E-state index contributed by atoms with van der Waals surface area (Å²) in [6, 6.07) is 16.8. The molecule has 0 amide bonds. The summed E-state index contributed by atoms with van der Waals surface area (Å²) in [5, 5.41) is 10.4. The van der Waals surface area contributed by atoms with Crippen molar-refractivity contribution in [3.05, 3.63) is 48.5 Å². The number of nitrogens with zero attached hydrogens (tertiary/aromatic N) is 5. The fraction of sp³-hybridized carbons (Fsp3) is 0.318. The molecule has 2 aromatic carbocycles. The Morgan fingerprint density at radius 1 is 0.714 bits per heavy atom. The molecule has 0 bridgehead atoms. The summed E-state index contributed by atoms with van der Waals surface area (Å²) in [4.78, 5) is 9.08. The summed E-state index contributed by atoms with van der Waals surface area (Å²) in [6.45, 7) is 0. The van der Waals surface area contributed by atoms with Gasteiger partial charge in [0.15, 0.2) is 0 Å². The highest BCUT2D eigenvalue weighted by Gasteiger charge is 2.25. The molecule has 0 aliphatic heterocycles. The maximum Gasteiger partial charge on any atom is 0.209 e. The largest absolute Gasteiger partial charge is 0.378 e. The minimum atomic E-state index is 0.649. The SMILES string of the molecule is CN(C)c1ccc(-c2nnc(SC3CC3)nc2-c2ccc(N(C)C)cc2)cc1. The highest BCUT2D eigenvalue weighted by molar-refractivity contribution is 8.00. The van der Waals surface area contributed by atoms with Crippen LogP contribution in [0.4, 0.5) is 11.4 Å². The van der Waals surface area contributed by atoms with Crippen molar-refractivity contribution in [2.75, 3.05) is 38.0 Å². The van der Waals surface area contributed by atoms with Gasteiger partial charge in [0.1, 0.15) is 11.4 Å². The number of hydrogen-bond acceptors (Lipinski definition) is 6. The van der Waals surface area contributed by atoms with Crippen molar-refractivity contribution in [3.63, 3.8) is 0 Å². The molecule has 6 heteroatoms. The van der Waals surface area contributed by atoms with E-state index in [4.69, 9.17) is 4.98 Å². The third-order valence-corrected chi connectivity index (χ3v) is 5.97. The van der Waals surface area contributed by atoms with Crippen molar-refractivity contribution in [1.82, 2.24) is 15.2 Å². The van der Waals surface area contributed by atoms with E-state index in [1.54, 1.807) is 11.8 Å². The second kappa shape index (κ2) is 7.80. The summed E-state index contributed by atoms with van der Waals surface area (Å²) in [6.07, 6.45) is 2.49. The molecule has 0 saturated heterocycles. The third kappa shape index (κ3) is 4.12. The molecule has 0 unspecified atom stereocenters. The second-order valence-electron chi connectivity index (χ2n) is 7.49. The van der Waals surface area contributed by atoms with Crippen molar-refractivity contribution in [2.24, 2.45) is 0 Å². The van der Waals surface area contributed by atoms with Crippen LogP contribution in [0.15, 0.2) is 53.7 Å². The zero-order chi connectivity index (χ0) is 19.7. The van der Waals surface area contributed by atoms with Crippen LogP contribution in [-0.4, -0.2) is 48.6 Å². The van der Waals surface area contributed by atoms with Gasteiger partial charge in [-0.3, -0.25) is 0 Å². The Labute approximate surface area is 170 Å². The number of hydrogen-bond donors (Lipinski definition) is 0. The first-order chi connectivity index (χ1) is 13.5.